The van der Waals surface area contributed by atoms with Gasteiger partial charge in [-0.05, 0) is 58.1 Å². The molecule has 2 aromatic heterocycles. The van der Waals surface area contributed by atoms with E-state index in [0.717, 1.165) is 69.5 Å². The smallest absolute Gasteiger partial charge is 0.287 e. The van der Waals surface area contributed by atoms with Gasteiger partial charge in [0.1, 0.15) is 11.3 Å². The largest absolute Gasteiger partial charge is 0.464 e. The van der Waals surface area contributed by atoms with Gasteiger partial charge in [0.2, 0.25) is 5.91 Å². The molecule has 0 saturated carbocycles. The Kier molecular flexibility index (Phi) is 6.40. The Balaban J connectivity index is 1.51. The van der Waals surface area contributed by atoms with Gasteiger partial charge in [0.25, 0.3) is 5.91 Å². The summed E-state index contributed by atoms with van der Waals surface area (Å²) in [4.78, 5) is 25.3. The third-order valence-corrected chi connectivity index (χ3v) is 6.53. The number of nitrogens with one attached hydrogen (secondary N) is 2. The number of hydrogen-bond acceptors (Lipinski definition) is 5. The SMILES string of the molecule is CCC(C)NC(=O)c1oc2c(c1C)/C(=N/NC(=O)Cc1coc3c(C)c(C)ccc13)CCC2. The van der Waals surface area contributed by atoms with Crippen molar-refractivity contribution in [3.05, 3.63) is 57.7 Å². The van der Waals surface area contributed by atoms with Gasteiger partial charge in [0.05, 0.1) is 18.4 Å². The minimum absolute atomic E-state index is 0.0677. The van der Waals surface area contributed by atoms with Crippen LogP contribution in [0.3, 0.4) is 0 Å². The maximum Gasteiger partial charge on any atom is 0.287 e. The lowest BCUT2D eigenvalue weighted by Crippen LogP contribution is -2.32. The number of rotatable bonds is 6. The molecule has 33 heavy (non-hydrogen) atoms. The molecular formula is C26H31N3O4. The molecule has 2 heterocycles. The number of nitrogens with zero attached hydrogens (tertiary/aromatic N) is 1. The molecule has 1 aliphatic carbocycles. The molecule has 2 N–H and O–H groups in total. The maximum absolute atomic E-state index is 12.7. The van der Waals surface area contributed by atoms with Crippen LogP contribution in [0.2, 0.25) is 0 Å². The molecule has 0 saturated heterocycles. The quantitative estimate of drug-likeness (QED) is 0.524. The molecule has 1 unspecified atom stereocenters. The van der Waals surface area contributed by atoms with Gasteiger partial charge in [-0.2, -0.15) is 5.10 Å². The highest BCUT2D eigenvalue weighted by molar-refractivity contribution is 6.06. The summed E-state index contributed by atoms with van der Waals surface area (Å²) >= 11 is 0. The zero-order valence-corrected chi connectivity index (χ0v) is 19.9. The molecule has 7 nitrogen and oxygen atoms in total. The summed E-state index contributed by atoms with van der Waals surface area (Å²) < 4.78 is 11.6. The number of furan rings is 2. The third kappa shape index (κ3) is 4.45. The van der Waals surface area contributed by atoms with Crippen LogP contribution in [0.1, 0.15) is 77.2 Å². The van der Waals surface area contributed by atoms with E-state index in [0.29, 0.717) is 12.2 Å². The Morgan fingerprint density at radius 2 is 1.94 bits per heavy atom. The Labute approximate surface area is 193 Å². The van der Waals surface area contributed by atoms with Crippen LogP contribution in [0.4, 0.5) is 0 Å². The Morgan fingerprint density at radius 3 is 2.70 bits per heavy atom. The van der Waals surface area contributed by atoms with Crippen LogP contribution in [0, 0.1) is 20.8 Å². The fourth-order valence-electron chi connectivity index (χ4n) is 4.26. The van der Waals surface area contributed by atoms with E-state index < -0.39 is 0 Å². The summed E-state index contributed by atoms with van der Waals surface area (Å²) in [7, 11) is 0. The fourth-order valence-corrected chi connectivity index (χ4v) is 4.26. The average molecular weight is 450 g/mol. The molecule has 3 aromatic rings. The number of hydrogen-bond donors (Lipinski definition) is 2. The second-order valence-corrected chi connectivity index (χ2v) is 8.91. The van der Waals surface area contributed by atoms with E-state index >= 15 is 0 Å². The predicted octanol–water partition coefficient (Wildman–Crippen LogP) is 4.88. The molecule has 1 atom stereocenters. The number of amides is 2. The molecule has 0 aliphatic heterocycles. The van der Waals surface area contributed by atoms with Crippen molar-refractivity contribution in [2.45, 2.75) is 72.8 Å². The summed E-state index contributed by atoms with van der Waals surface area (Å²) in [5.74, 6) is 0.660. The van der Waals surface area contributed by atoms with Gasteiger partial charge < -0.3 is 14.2 Å². The molecule has 2 amide bonds. The molecular weight excluding hydrogens is 418 g/mol. The van der Waals surface area contributed by atoms with E-state index in [4.69, 9.17) is 8.83 Å². The van der Waals surface area contributed by atoms with Crippen molar-refractivity contribution >= 4 is 28.5 Å². The highest BCUT2D eigenvalue weighted by Gasteiger charge is 2.28. The second kappa shape index (κ2) is 9.25. The summed E-state index contributed by atoms with van der Waals surface area (Å²) in [6.45, 7) is 9.91. The van der Waals surface area contributed by atoms with Crippen molar-refractivity contribution in [1.29, 1.82) is 0 Å². The number of carbonyl (C=O) groups is 2. The van der Waals surface area contributed by atoms with Crippen LogP contribution in [-0.2, 0) is 17.6 Å². The first-order valence-corrected chi connectivity index (χ1v) is 11.5. The minimum atomic E-state index is -0.216. The zero-order chi connectivity index (χ0) is 23.7. The summed E-state index contributed by atoms with van der Waals surface area (Å²) in [5, 5.41) is 8.33. The number of benzene rings is 1. The van der Waals surface area contributed by atoms with Crippen LogP contribution < -0.4 is 10.7 Å². The Morgan fingerprint density at radius 1 is 1.15 bits per heavy atom. The van der Waals surface area contributed by atoms with Crippen molar-refractivity contribution in [3.8, 4) is 0 Å². The first-order chi connectivity index (χ1) is 15.8. The molecule has 0 bridgehead atoms. The first kappa shape index (κ1) is 22.8. The highest BCUT2D eigenvalue weighted by atomic mass is 16.4. The molecule has 0 radical (unpaired) electrons. The maximum atomic E-state index is 12.7. The monoisotopic (exact) mass is 449 g/mol. The number of aryl methyl sites for hydroxylation is 3. The van der Waals surface area contributed by atoms with Gasteiger partial charge in [-0.15, -0.1) is 0 Å². The van der Waals surface area contributed by atoms with Gasteiger partial charge in [0, 0.05) is 34.5 Å². The minimum Gasteiger partial charge on any atom is -0.464 e. The van der Waals surface area contributed by atoms with E-state index in [1.807, 2.05) is 46.8 Å². The van der Waals surface area contributed by atoms with E-state index in [2.05, 4.69) is 15.8 Å². The lowest BCUT2D eigenvalue weighted by atomic mass is 9.93. The summed E-state index contributed by atoms with van der Waals surface area (Å²) in [6.07, 6.45) is 4.98. The van der Waals surface area contributed by atoms with Crippen molar-refractivity contribution in [1.82, 2.24) is 10.7 Å². The first-order valence-electron chi connectivity index (χ1n) is 11.5. The predicted molar refractivity (Wildman–Crippen MR) is 128 cm³/mol. The van der Waals surface area contributed by atoms with E-state index in [1.54, 1.807) is 6.26 Å². The standard InChI is InChI=1S/C26H31N3O4/c1-6-15(3)27-26(31)25-17(5)23-20(8-7-9-21(23)33-25)28-29-22(30)12-18-13-32-24-16(4)14(2)10-11-19(18)24/h10-11,13,15H,6-9,12H2,1-5H3,(H,27,31)(H,29,30)/b28-20+. The van der Waals surface area contributed by atoms with Crippen LogP contribution >= 0.6 is 0 Å². The number of hydrazone groups is 1. The van der Waals surface area contributed by atoms with Crippen LogP contribution in [-0.4, -0.2) is 23.6 Å². The lowest BCUT2D eigenvalue weighted by molar-refractivity contribution is -0.120. The van der Waals surface area contributed by atoms with E-state index in [9.17, 15) is 9.59 Å². The van der Waals surface area contributed by atoms with Crippen LogP contribution in [0.5, 0.6) is 0 Å². The number of carbonyl (C=O) groups excluding carboxylic acids is 2. The molecule has 4 rings (SSSR count). The third-order valence-electron chi connectivity index (χ3n) is 6.53. The topological polar surface area (TPSA) is 96.8 Å². The van der Waals surface area contributed by atoms with Gasteiger partial charge in [-0.1, -0.05) is 19.1 Å². The summed E-state index contributed by atoms with van der Waals surface area (Å²) in [5.41, 5.74) is 8.94. The van der Waals surface area contributed by atoms with Gasteiger partial charge in [-0.3, -0.25) is 9.59 Å². The normalized spacial score (nSPS) is 15.5. The summed E-state index contributed by atoms with van der Waals surface area (Å²) in [6, 6.07) is 4.09. The molecule has 174 valence electrons. The van der Waals surface area contributed by atoms with E-state index in [1.165, 1.54) is 0 Å². The molecule has 0 spiro atoms. The van der Waals surface area contributed by atoms with Crippen molar-refractivity contribution in [3.63, 3.8) is 0 Å². The average Bonchev–Trinajstić information content (AvgIpc) is 3.36. The van der Waals surface area contributed by atoms with Crippen molar-refractivity contribution in [2.24, 2.45) is 5.10 Å². The fraction of sp³-hybridized carbons (Fsp3) is 0.423. The van der Waals surface area contributed by atoms with Crippen molar-refractivity contribution < 1.29 is 18.4 Å². The molecule has 1 aromatic carbocycles. The number of fused-ring (bicyclic) bond motifs is 2. The Hall–Kier alpha value is -3.35. The van der Waals surface area contributed by atoms with Crippen molar-refractivity contribution in [2.75, 3.05) is 0 Å². The molecule has 7 heteroatoms. The van der Waals surface area contributed by atoms with Gasteiger partial charge in [0.15, 0.2) is 5.76 Å². The van der Waals surface area contributed by atoms with Gasteiger partial charge in [-0.25, -0.2) is 5.43 Å². The molecule has 0 fully saturated rings. The van der Waals surface area contributed by atoms with Crippen LogP contribution in [0.15, 0.2) is 32.3 Å². The highest BCUT2D eigenvalue weighted by Crippen LogP contribution is 2.30. The zero-order valence-electron chi connectivity index (χ0n) is 19.9. The second-order valence-electron chi connectivity index (χ2n) is 8.91. The van der Waals surface area contributed by atoms with Gasteiger partial charge >= 0.3 is 0 Å². The van der Waals surface area contributed by atoms with E-state index in [-0.39, 0.29) is 24.3 Å². The van der Waals surface area contributed by atoms with Crippen LogP contribution in [0.25, 0.3) is 11.0 Å². The molecule has 1 aliphatic rings. The Bertz CT molecular complexity index is 1250. The lowest BCUT2D eigenvalue weighted by Gasteiger charge is -2.13.